The lowest BCUT2D eigenvalue weighted by Gasteiger charge is -2.13. The molecule has 6 heteroatoms. The fourth-order valence-corrected chi connectivity index (χ4v) is 2.86. The second-order valence-electron chi connectivity index (χ2n) is 6.16. The van der Waals surface area contributed by atoms with E-state index in [1.54, 1.807) is 6.07 Å². The zero-order chi connectivity index (χ0) is 18.5. The minimum absolute atomic E-state index is 0.143. The highest BCUT2D eigenvalue weighted by Gasteiger charge is 2.22. The van der Waals surface area contributed by atoms with E-state index >= 15 is 0 Å². The molecule has 0 spiro atoms. The van der Waals surface area contributed by atoms with Crippen molar-refractivity contribution < 1.29 is 23.4 Å². The summed E-state index contributed by atoms with van der Waals surface area (Å²) in [5.41, 5.74) is 1.96. The van der Waals surface area contributed by atoms with Gasteiger partial charge in [0.1, 0.15) is 29.2 Å². The predicted molar refractivity (Wildman–Crippen MR) is 95.1 cm³/mol. The summed E-state index contributed by atoms with van der Waals surface area (Å²) >= 11 is 0. The molecule has 3 rings (SSSR count). The highest BCUT2D eigenvalue weighted by molar-refractivity contribution is 5.77. The summed E-state index contributed by atoms with van der Waals surface area (Å²) in [7, 11) is 0. The Kier molecular flexibility index (Phi) is 5.61. The van der Waals surface area contributed by atoms with Crippen molar-refractivity contribution in [1.29, 1.82) is 0 Å². The van der Waals surface area contributed by atoms with Gasteiger partial charge in [-0.25, -0.2) is 4.39 Å². The Morgan fingerprint density at radius 3 is 2.92 bits per heavy atom. The van der Waals surface area contributed by atoms with Crippen LogP contribution in [0, 0.1) is 5.82 Å². The molecule has 0 aromatic heterocycles. The van der Waals surface area contributed by atoms with Gasteiger partial charge in [0.05, 0.1) is 6.61 Å². The summed E-state index contributed by atoms with van der Waals surface area (Å²) in [5.74, 6) is 1.19. The summed E-state index contributed by atoms with van der Waals surface area (Å²) in [5, 5.41) is 2.79. The average molecular weight is 359 g/mol. The van der Waals surface area contributed by atoms with Gasteiger partial charge in [-0.15, -0.1) is 0 Å². The van der Waals surface area contributed by atoms with Gasteiger partial charge in [-0.3, -0.25) is 4.79 Å². The fourth-order valence-electron chi connectivity index (χ4n) is 2.86. The molecular formula is C20H22FNO4. The first kappa shape index (κ1) is 18.0. The average Bonchev–Trinajstić information content (AvgIpc) is 2.97. The highest BCUT2D eigenvalue weighted by atomic mass is 19.1. The Labute approximate surface area is 152 Å². The van der Waals surface area contributed by atoms with Crippen LogP contribution < -0.4 is 19.5 Å². The van der Waals surface area contributed by atoms with Gasteiger partial charge >= 0.3 is 0 Å². The normalized spacial score (nSPS) is 15.1. The highest BCUT2D eigenvalue weighted by Crippen LogP contribution is 2.35. The first-order valence-electron chi connectivity index (χ1n) is 8.65. The van der Waals surface area contributed by atoms with Crippen molar-refractivity contribution >= 4 is 5.91 Å². The number of amides is 1. The Morgan fingerprint density at radius 2 is 2.15 bits per heavy atom. The molecular weight excluding hydrogens is 337 g/mol. The van der Waals surface area contributed by atoms with Crippen LogP contribution in [0.5, 0.6) is 17.2 Å². The molecule has 1 aliphatic rings. The third kappa shape index (κ3) is 4.45. The topological polar surface area (TPSA) is 56.8 Å². The third-order valence-corrected chi connectivity index (χ3v) is 4.02. The molecule has 2 aromatic rings. The second-order valence-corrected chi connectivity index (χ2v) is 6.16. The monoisotopic (exact) mass is 359 g/mol. The van der Waals surface area contributed by atoms with E-state index in [0.717, 1.165) is 29.0 Å². The number of hydrogen-bond donors (Lipinski definition) is 1. The van der Waals surface area contributed by atoms with Crippen molar-refractivity contribution in [1.82, 2.24) is 5.32 Å². The number of carbonyl (C=O) groups excluding carboxylic acids is 1. The van der Waals surface area contributed by atoms with E-state index in [9.17, 15) is 9.18 Å². The van der Waals surface area contributed by atoms with Gasteiger partial charge in [-0.2, -0.15) is 0 Å². The summed E-state index contributed by atoms with van der Waals surface area (Å²) < 4.78 is 29.9. The van der Waals surface area contributed by atoms with Crippen LogP contribution in [0.4, 0.5) is 4.39 Å². The zero-order valence-corrected chi connectivity index (χ0v) is 14.9. The fraction of sp³-hybridized carbons (Fsp3) is 0.350. The molecule has 0 saturated heterocycles. The van der Waals surface area contributed by atoms with E-state index in [2.05, 4.69) is 5.32 Å². The molecule has 1 heterocycles. The Morgan fingerprint density at radius 1 is 1.31 bits per heavy atom. The van der Waals surface area contributed by atoms with Gasteiger partial charge in [0.15, 0.2) is 6.61 Å². The van der Waals surface area contributed by atoms with Crippen LogP contribution in [0.2, 0.25) is 0 Å². The lowest BCUT2D eigenvalue weighted by atomic mass is 10.1. The molecule has 0 fully saturated rings. The van der Waals surface area contributed by atoms with E-state index in [1.165, 1.54) is 18.2 Å². The van der Waals surface area contributed by atoms with Gasteiger partial charge in [-0.1, -0.05) is 6.07 Å². The van der Waals surface area contributed by atoms with Crippen molar-refractivity contribution in [2.24, 2.45) is 0 Å². The van der Waals surface area contributed by atoms with Gasteiger partial charge in [-0.05, 0) is 38.1 Å². The van der Waals surface area contributed by atoms with Crippen molar-refractivity contribution in [2.75, 3.05) is 13.2 Å². The largest absolute Gasteiger partial charge is 0.494 e. The summed E-state index contributed by atoms with van der Waals surface area (Å²) in [4.78, 5) is 12.0. The zero-order valence-electron chi connectivity index (χ0n) is 14.9. The number of rotatable bonds is 7. The van der Waals surface area contributed by atoms with Gasteiger partial charge in [0, 0.05) is 30.2 Å². The first-order valence-corrected chi connectivity index (χ1v) is 8.65. The van der Waals surface area contributed by atoms with Crippen molar-refractivity contribution in [3.8, 4) is 17.2 Å². The van der Waals surface area contributed by atoms with Crippen LogP contribution in [0.1, 0.15) is 25.0 Å². The number of hydrogen-bond acceptors (Lipinski definition) is 4. The summed E-state index contributed by atoms with van der Waals surface area (Å²) in [6.07, 6.45) is 0.993. The van der Waals surface area contributed by atoms with Crippen LogP contribution in [0.3, 0.4) is 0 Å². The molecule has 5 nitrogen and oxygen atoms in total. The lowest BCUT2D eigenvalue weighted by molar-refractivity contribution is -0.123. The predicted octanol–water partition coefficient (Wildman–Crippen LogP) is 3.24. The van der Waals surface area contributed by atoms with Crippen LogP contribution in [0.25, 0.3) is 0 Å². The van der Waals surface area contributed by atoms with Crippen LogP contribution in [-0.4, -0.2) is 25.2 Å². The molecule has 0 radical (unpaired) electrons. The molecule has 0 aliphatic carbocycles. The first-order chi connectivity index (χ1) is 12.5. The van der Waals surface area contributed by atoms with Gasteiger partial charge in [0.2, 0.25) is 0 Å². The number of fused-ring (bicyclic) bond motifs is 1. The quantitative estimate of drug-likeness (QED) is 0.825. The van der Waals surface area contributed by atoms with Crippen LogP contribution >= 0.6 is 0 Å². The Hall–Kier alpha value is -2.76. The standard InChI is InChI=1S/C20H22FNO4/c1-3-24-18-8-14-7-13(2)26-19(14)9-15(18)11-22-20(23)12-25-17-6-4-5-16(21)10-17/h4-6,8-10,13H,3,7,11-12H2,1-2H3,(H,22,23)/t13-/m0/s1. The maximum atomic E-state index is 13.1. The van der Waals surface area contributed by atoms with E-state index in [-0.39, 0.29) is 18.6 Å². The van der Waals surface area contributed by atoms with Crippen LogP contribution in [0.15, 0.2) is 36.4 Å². The molecule has 0 bridgehead atoms. The minimum atomic E-state index is -0.406. The number of nitrogens with one attached hydrogen (secondary N) is 1. The summed E-state index contributed by atoms with van der Waals surface area (Å²) in [6.45, 7) is 4.59. The molecule has 138 valence electrons. The van der Waals surface area contributed by atoms with E-state index in [0.29, 0.717) is 18.9 Å². The van der Waals surface area contributed by atoms with E-state index < -0.39 is 5.82 Å². The summed E-state index contributed by atoms with van der Waals surface area (Å²) in [6, 6.07) is 9.58. The molecule has 1 amide bonds. The van der Waals surface area contributed by atoms with Gasteiger partial charge in [0.25, 0.3) is 5.91 Å². The molecule has 1 N–H and O–H groups in total. The van der Waals surface area contributed by atoms with Crippen molar-refractivity contribution in [3.05, 3.63) is 53.3 Å². The maximum Gasteiger partial charge on any atom is 0.258 e. The molecule has 1 aliphatic heterocycles. The Bertz CT molecular complexity index is 793. The number of halogens is 1. The molecule has 0 saturated carbocycles. The van der Waals surface area contributed by atoms with Gasteiger partial charge < -0.3 is 19.5 Å². The minimum Gasteiger partial charge on any atom is -0.494 e. The smallest absolute Gasteiger partial charge is 0.258 e. The molecule has 2 aromatic carbocycles. The molecule has 26 heavy (non-hydrogen) atoms. The molecule has 1 atom stereocenters. The number of carbonyl (C=O) groups is 1. The van der Waals surface area contributed by atoms with E-state index in [1.807, 2.05) is 26.0 Å². The van der Waals surface area contributed by atoms with E-state index in [4.69, 9.17) is 14.2 Å². The SMILES string of the molecule is CCOc1cc2c(cc1CNC(=O)COc1cccc(F)c1)O[C@@H](C)C2. The molecule has 0 unspecified atom stereocenters. The van der Waals surface area contributed by atoms with Crippen LogP contribution in [-0.2, 0) is 17.8 Å². The second kappa shape index (κ2) is 8.08. The number of benzene rings is 2. The third-order valence-electron chi connectivity index (χ3n) is 4.02. The number of ether oxygens (including phenoxy) is 3. The van der Waals surface area contributed by atoms with Crippen molar-refractivity contribution in [3.63, 3.8) is 0 Å². The maximum absolute atomic E-state index is 13.1. The lowest BCUT2D eigenvalue weighted by Crippen LogP contribution is -2.28. The van der Waals surface area contributed by atoms with Crippen molar-refractivity contribution in [2.45, 2.75) is 32.9 Å². The Balaban J connectivity index is 1.60.